The predicted molar refractivity (Wildman–Crippen MR) is 93.0 cm³/mol. The zero-order valence-electron chi connectivity index (χ0n) is 13.5. The van der Waals surface area contributed by atoms with Crippen LogP contribution in [0.3, 0.4) is 0 Å². The topological polar surface area (TPSA) is 71.0 Å². The van der Waals surface area contributed by atoms with Crippen LogP contribution in [0.15, 0.2) is 27.5 Å². The van der Waals surface area contributed by atoms with Crippen molar-refractivity contribution >= 4 is 21.8 Å². The van der Waals surface area contributed by atoms with Gasteiger partial charge < -0.3 is 4.90 Å². The minimum atomic E-state index is -0.490. The molecule has 1 unspecified atom stereocenters. The molecule has 0 bridgehead atoms. The van der Waals surface area contributed by atoms with Crippen molar-refractivity contribution in [2.24, 2.45) is 11.8 Å². The second-order valence-electron chi connectivity index (χ2n) is 6.79. The van der Waals surface area contributed by atoms with Crippen molar-refractivity contribution in [1.29, 1.82) is 0 Å². The van der Waals surface area contributed by atoms with E-state index in [-0.39, 0.29) is 23.4 Å². The summed E-state index contributed by atoms with van der Waals surface area (Å²) in [6.45, 7) is 1.43. The zero-order chi connectivity index (χ0) is 17.6. The normalized spacial score (nSPS) is 20.2. The Hall–Kier alpha value is -1.96. The van der Waals surface area contributed by atoms with E-state index in [1.54, 1.807) is 12.1 Å². The second kappa shape index (κ2) is 6.40. The smallest absolute Gasteiger partial charge is 0.342 e. The van der Waals surface area contributed by atoms with Crippen LogP contribution < -0.4 is 5.69 Å². The summed E-state index contributed by atoms with van der Waals surface area (Å²) in [5.74, 6) is 0.711. The molecule has 1 N–H and O–H groups in total. The molecule has 2 heterocycles. The first-order valence-electron chi connectivity index (χ1n) is 8.43. The molecule has 1 aromatic heterocycles. The number of hydrogen-bond acceptors (Lipinski definition) is 3. The van der Waals surface area contributed by atoms with Gasteiger partial charge in [-0.25, -0.2) is 18.9 Å². The molecule has 2 aliphatic rings. The number of amides is 1. The fourth-order valence-corrected chi connectivity index (χ4v) is 3.76. The summed E-state index contributed by atoms with van der Waals surface area (Å²) in [5.41, 5.74) is -0.277. The van der Waals surface area contributed by atoms with E-state index < -0.39 is 11.5 Å². The van der Waals surface area contributed by atoms with Gasteiger partial charge in [-0.2, -0.15) is 5.10 Å². The number of aromatic amines is 1. The van der Waals surface area contributed by atoms with Gasteiger partial charge in [-0.3, -0.25) is 4.79 Å². The molecular weight excluding hydrogens is 391 g/mol. The fraction of sp³-hybridized carbons (Fsp3) is 0.471. The Labute approximate surface area is 152 Å². The molecule has 1 amide bonds. The second-order valence-corrected chi connectivity index (χ2v) is 7.71. The van der Waals surface area contributed by atoms with Crippen molar-refractivity contribution in [2.45, 2.75) is 25.7 Å². The zero-order valence-corrected chi connectivity index (χ0v) is 15.1. The molecule has 2 aromatic rings. The number of nitrogens with zero attached hydrogens (tertiary/aromatic N) is 3. The van der Waals surface area contributed by atoms with E-state index in [4.69, 9.17) is 0 Å². The number of halogens is 2. The number of rotatable bonds is 4. The molecule has 6 nitrogen and oxygen atoms in total. The lowest BCUT2D eigenvalue weighted by atomic mass is 10.0. The van der Waals surface area contributed by atoms with Crippen LogP contribution in [0, 0.1) is 17.7 Å². The van der Waals surface area contributed by atoms with Gasteiger partial charge in [0, 0.05) is 29.9 Å². The van der Waals surface area contributed by atoms with Crippen LogP contribution in [0.25, 0.3) is 5.69 Å². The number of nitrogens with one attached hydrogen (secondary N) is 1. The number of benzene rings is 1. The lowest BCUT2D eigenvalue weighted by molar-refractivity contribution is -0.131. The number of H-pyrrole nitrogens is 1. The van der Waals surface area contributed by atoms with Gasteiger partial charge in [-0.1, -0.05) is 15.9 Å². The lowest BCUT2D eigenvalue weighted by Crippen LogP contribution is -2.30. The monoisotopic (exact) mass is 408 g/mol. The van der Waals surface area contributed by atoms with Crippen molar-refractivity contribution in [3.8, 4) is 5.69 Å². The van der Waals surface area contributed by atoms with E-state index in [1.807, 2.05) is 4.90 Å². The van der Waals surface area contributed by atoms with Gasteiger partial charge in [0.2, 0.25) is 5.91 Å². The summed E-state index contributed by atoms with van der Waals surface area (Å²) < 4.78 is 16.2. The van der Waals surface area contributed by atoms with Crippen LogP contribution in [0.4, 0.5) is 4.39 Å². The molecule has 1 aromatic carbocycles. The van der Waals surface area contributed by atoms with Crippen molar-refractivity contribution < 1.29 is 9.18 Å². The third-order valence-electron chi connectivity index (χ3n) is 4.89. The third kappa shape index (κ3) is 3.27. The molecular formula is C17H18BrFN4O2. The van der Waals surface area contributed by atoms with Gasteiger partial charge in [0.05, 0.1) is 5.69 Å². The molecule has 1 saturated heterocycles. The van der Waals surface area contributed by atoms with Crippen molar-refractivity contribution in [2.75, 3.05) is 13.1 Å². The van der Waals surface area contributed by atoms with Gasteiger partial charge in [0.15, 0.2) is 0 Å². The molecule has 1 atom stereocenters. The summed E-state index contributed by atoms with van der Waals surface area (Å²) in [6, 6.07) is 4.56. The number of carbonyl (C=O) groups is 1. The van der Waals surface area contributed by atoms with Gasteiger partial charge in [-0.05, 0) is 43.4 Å². The highest BCUT2D eigenvalue weighted by atomic mass is 79.9. The van der Waals surface area contributed by atoms with Crippen LogP contribution in [0.1, 0.15) is 25.1 Å². The van der Waals surface area contributed by atoms with Crippen molar-refractivity contribution in [3.63, 3.8) is 0 Å². The lowest BCUT2D eigenvalue weighted by Gasteiger charge is -2.16. The average molecular weight is 409 g/mol. The van der Waals surface area contributed by atoms with Crippen LogP contribution in [-0.2, 0) is 11.2 Å². The molecule has 1 aliphatic heterocycles. The van der Waals surface area contributed by atoms with Crippen LogP contribution >= 0.6 is 15.9 Å². The summed E-state index contributed by atoms with van der Waals surface area (Å²) in [7, 11) is 0. The first kappa shape index (κ1) is 16.5. The molecule has 25 heavy (non-hydrogen) atoms. The number of likely N-dealkylation sites (tertiary alicyclic amines) is 1. The Balaban J connectivity index is 1.54. The third-order valence-corrected chi connectivity index (χ3v) is 5.38. The first-order valence-corrected chi connectivity index (χ1v) is 9.22. The predicted octanol–water partition coefficient (Wildman–Crippen LogP) is 2.26. The highest BCUT2D eigenvalue weighted by Gasteiger charge is 2.37. The van der Waals surface area contributed by atoms with Crippen LogP contribution in [0.2, 0.25) is 0 Å². The van der Waals surface area contributed by atoms with E-state index >= 15 is 0 Å². The standard InChI is InChI=1S/C17H18BrFN4O2/c18-12-3-4-14(13(19)8-12)23-15(20-21-17(23)25)7-10-5-6-22(9-10)16(24)11-1-2-11/h3-4,8,10-11H,1-2,5-7,9H2,(H,21,25). The quantitative estimate of drug-likeness (QED) is 0.843. The summed E-state index contributed by atoms with van der Waals surface area (Å²) in [5, 5.41) is 6.49. The Bertz CT molecular complexity index is 874. The molecule has 2 fully saturated rings. The number of hydrogen-bond donors (Lipinski definition) is 1. The van der Waals surface area contributed by atoms with E-state index in [0.29, 0.717) is 23.3 Å². The van der Waals surface area contributed by atoms with Crippen molar-refractivity contribution in [1.82, 2.24) is 19.7 Å². The molecule has 132 valence electrons. The van der Waals surface area contributed by atoms with Crippen LogP contribution in [-0.4, -0.2) is 38.7 Å². The summed E-state index contributed by atoms with van der Waals surface area (Å²) in [6.07, 6.45) is 3.41. The minimum absolute atomic E-state index is 0.181. The van der Waals surface area contributed by atoms with Crippen molar-refractivity contribution in [3.05, 3.63) is 44.8 Å². The SMILES string of the molecule is O=C(C1CC1)N1CCC(Cc2n[nH]c(=O)n2-c2ccc(Br)cc2F)C1. The molecule has 4 rings (SSSR count). The van der Waals surface area contributed by atoms with E-state index in [9.17, 15) is 14.0 Å². The first-order chi connectivity index (χ1) is 12.0. The molecule has 0 spiro atoms. The van der Waals surface area contributed by atoms with Gasteiger partial charge >= 0.3 is 5.69 Å². The minimum Gasteiger partial charge on any atom is -0.342 e. The molecule has 8 heteroatoms. The van der Waals surface area contributed by atoms with E-state index in [0.717, 1.165) is 25.8 Å². The Morgan fingerprint density at radius 3 is 2.88 bits per heavy atom. The van der Waals surface area contributed by atoms with Gasteiger partial charge in [0.1, 0.15) is 11.6 Å². The molecule has 1 aliphatic carbocycles. The Kier molecular flexibility index (Phi) is 4.23. The Morgan fingerprint density at radius 1 is 1.36 bits per heavy atom. The maximum Gasteiger partial charge on any atom is 0.348 e. The van der Waals surface area contributed by atoms with E-state index in [1.165, 1.54) is 10.6 Å². The molecule has 1 saturated carbocycles. The highest BCUT2D eigenvalue weighted by Crippen LogP contribution is 2.33. The molecule has 0 radical (unpaired) electrons. The number of aromatic nitrogens is 3. The maximum atomic E-state index is 14.3. The number of carbonyl (C=O) groups excluding carboxylic acids is 1. The van der Waals surface area contributed by atoms with Gasteiger partial charge in [-0.15, -0.1) is 0 Å². The highest BCUT2D eigenvalue weighted by molar-refractivity contribution is 9.10. The largest absolute Gasteiger partial charge is 0.348 e. The van der Waals surface area contributed by atoms with Gasteiger partial charge in [0.25, 0.3) is 0 Å². The van der Waals surface area contributed by atoms with E-state index in [2.05, 4.69) is 26.1 Å². The average Bonchev–Trinajstić information content (AvgIpc) is 3.23. The summed E-state index contributed by atoms with van der Waals surface area (Å²) in [4.78, 5) is 26.2. The van der Waals surface area contributed by atoms with Crippen LogP contribution in [0.5, 0.6) is 0 Å². The Morgan fingerprint density at radius 2 is 2.16 bits per heavy atom. The fourth-order valence-electron chi connectivity index (χ4n) is 3.42. The maximum absolute atomic E-state index is 14.3. The summed E-state index contributed by atoms with van der Waals surface area (Å²) >= 11 is 3.22.